The van der Waals surface area contributed by atoms with Gasteiger partial charge in [-0.2, -0.15) is 0 Å². The van der Waals surface area contributed by atoms with E-state index in [9.17, 15) is 4.79 Å². The van der Waals surface area contributed by atoms with Crippen LogP contribution in [0.15, 0.2) is 77.5 Å². The minimum atomic E-state index is -0.107. The Morgan fingerprint density at radius 3 is 2.37 bits per heavy atom. The zero-order valence-electron chi connectivity index (χ0n) is 19.7. The van der Waals surface area contributed by atoms with E-state index in [-0.39, 0.29) is 5.91 Å². The number of aryl methyl sites for hydroxylation is 1. The van der Waals surface area contributed by atoms with Gasteiger partial charge in [-0.15, -0.1) is 0 Å². The molecule has 2 aromatic heterocycles. The maximum Gasteiger partial charge on any atom is 0.251 e. The predicted octanol–water partition coefficient (Wildman–Crippen LogP) is 3.69. The van der Waals surface area contributed by atoms with Crippen LogP contribution in [0.3, 0.4) is 0 Å². The Labute approximate surface area is 204 Å². The van der Waals surface area contributed by atoms with Crippen LogP contribution in [-0.2, 0) is 13.1 Å². The van der Waals surface area contributed by atoms with Gasteiger partial charge in [-0.1, -0.05) is 30.3 Å². The first-order valence-electron chi connectivity index (χ1n) is 11.8. The summed E-state index contributed by atoms with van der Waals surface area (Å²) in [5.74, 6) is 2.07. The number of carbonyl (C=O) groups is 1. The molecule has 8 heteroatoms. The monoisotopic (exact) mass is 468 g/mol. The van der Waals surface area contributed by atoms with Crippen molar-refractivity contribution in [1.29, 1.82) is 0 Å². The average molecular weight is 469 g/mol. The van der Waals surface area contributed by atoms with E-state index in [0.29, 0.717) is 18.0 Å². The lowest BCUT2D eigenvalue weighted by atomic mass is 10.1. The molecule has 0 spiro atoms. The van der Waals surface area contributed by atoms with E-state index in [1.165, 1.54) is 0 Å². The third-order valence-corrected chi connectivity index (χ3v) is 6.16. The first-order chi connectivity index (χ1) is 17.2. The molecule has 1 saturated heterocycles. The summed E-state index contributed by atoms with van der Waals surface area (Å²) in [6.45, 7) is 6.75. The van der Waals surface area contributed by atoms with Crippen LogP contribution in [0.5, 0.6) is 0 Å². The molecule has 0 aliphatic carbocycles. The van der Waals surface area contributed by atoms with E-state index in [4.69, 9.17) is 9.40 Å². The van der Waals surface area contributed by atoms with E-state index < -0.39 is 0 Å². The minimum Gasteiger partial charge on any atom is -0.441 e. The molecular formula is C27H28N6O2. The highest BCUT2D eigenvalue weighted by molar-refractivity contribution is 5.94. The van der Waals surface area contributed by atoms with Crippen molar-refractivity contribution in [2.45, 2.75) is 20.0 Å². The molecule has 3 heterocycles. The third-order valence-electron chi connectivity index (χ3n) is 6.16. The van der Waals surface area contributed by atoms with Gasteiger partial charge in [-0.05, 0) is 42.8 Å². The maximum absolute atomic E-state index is 12.5. The Morgan fingerprint density at radius 2 is 1.66 bits per heavy atom. The van der Waals surface area contributed by atoms with Gasteiger partial charge in [0.15, 0.2) is 0 Å². The molecule has 1 aliphatic heterocycles. The zero-order chi connectivity index (χ0) is 24.0. The second kappa shape index (κ2) is 10.5. The van der Waals surface area contributed by atoms with Crippen LogP contribution in [0.2, 0.25) is 0 Å². The van der Waals surface area contributed by atoms with Gasteiger partial charge in [-0.3, -0.25) is 9.69 Å². The fourth-order valence-corrected chi connectivity index (χ4v) is 4.11. The summed E-state index contributed by atoms with van der Waals surface area (Å²) in [5, 5.41) is 2.95. The number of rotatable bonds is 7. The molecule has 8 nitrogen and oxygen atoms in total. The quantitative estimate of drug-likeness (QED) is 0.443. The lowest BCUT2D eigenvalue weighted by Gasteiger charge is -2.34. The first kappa shape index (κ1) is 22.7. The number of piperazine rings is 1. The number of benzene rings is 2. The highest BCUT2D eigenvalue weighted by atomic mass is 16.4. The molecule has 1 aliphatic rings. The van der Waals surface area contributed by atoms with Gasteiger partial charge in [0.2, 0.25) is 11.8 Å². The number of oxazole rings is 1. The van der Waals surface area contributed by atoms with E-state index in [1.807, 2.05) is 55.5 Å². The van der Waals surface area contributed by atoms with E-state index in [1.54, 1.807) is 24.5 Å². The molecule has 0 atom stereocenters. The topological polar surface area (TPSA) is 87.4 Å². The van der Waals surface area contributed by atoms with Crippen LogP contribution >= 0.6 is 0 Å². The van der Waals surface area contributed by atoms with Gasteiger partial charge in [0, 0.05) is 62.8 Å². The number of nitrogens with zero attached hydrogens (tertiary/aromatic N) is 5. The van der Waals surface area contributed by atoms with E-state index in [2.05, 4.69) is 25.1 Å². The molecule has 0 unspecified atom stereocenters. The highest BCUT2D eigenvalue weighted by Gasteiger charge is 2.21. The molecule has 35 heavy (non-hydrogen) atoms. The third kappa shape index (κ3) is 5.55. The second-order valence-electron chi connectivity index (χ2n) is 8.58. The van der Waals surface area contributed by atoms with Crippen molar-refractivity contribution in [3.63, 3.8) is 0 Å². The Morgan fingerprint density at radius 1 is 0.943 bits per heavy atom. The number of anilines is 1. The van der Waals surface area contributed by atoms with Crippen molar-refractivity contribution in [2.24, 2.45) is 0 Å². The van der Waals surface area contributed by atoms with Crippen LogP contribution in [0.1, 0.15) is 27.4 Å². The van der Waals surface area contributed by atoms with E-state index >= 15 is 0 Å². The molecule has 4 aromatic rings. The molecule has 178 valence electrons. The zero-order valence-corrected chi connectivity index (χ0v) is 19.7. The van der Waals surface area contributed by atoms with Crippen molar-refractivity contribution < 1.29 is 9.21 Å². The Balaban J connectivity index is 1.17. The van der Waals surface area contributed by atoms with Crippen LogP contribution in [0.4, 0.5) is 5.95 Å². The lowest BCUT2D eigenvalue weighted by Crippen LogP contribution is -2.46. The van der Waals surface area contributed by atoms with Gasteiger partial charge in [-0.25, -0.2) is 15.0 Å². The highest BCUT2D eigenvalue weighted by Crippen LogP contribution is 2.23. The Kier molecular flexibility index (Phi) is 6.81. The summed E-state index contributed by atoms with van der Waals surface area (Å²) in [6, 6.07) is 19.1. The van der Waals surface area contributed by atoms with Crippen molar-refractivity contribution in [2.75, 3.05) is 31.1 Å². The molecule has 0 saturated carbocycles. The number of hydrogen-bond acceptors (Lipinski definition) is 7. The summed E-state index contributed by atoms with van der Waals surface area (Å²) >= 11 is 0. The van der Waals surface area contributed by atoms with Crippen molar-refractivity contribution in [3.8, 4) is 11.5 Å². The number of nitrogens with one attached hydrogen (secondary N) is 1. The number of hydrogen-bond donors (Lipinski definition) is 1. The Hall–Kier alpha value is -4.04. The summed E-state index contributed by atoms with van der Waals surface area (Å²) in [5.41, 5.74) is 3.46. The van der Waals surface area contributed by atoms with Crippen LogP contribution < -0.4 is 10.2 Å². The van der Waals surface area contributed by atoms with Crippen LogP contribution in [0, 0.1) is 6.92 Å². The smallest absolute Gasteiger partial charge is 0.251 e. The molecule has 2 aromatic carbocycles. The van der Waals surface area contributed by atoms with Gasteiger partial charge in [0.25, 0.3) is 5.91 Å². The fraction of sp³-hybridized carbons (Fsp3) is 0.259. The van der Waals surface area contributed by atoms with Crippen molar-refractivity contribution in [1.82, 2.24) is 25.2 Å². The summed E-state index contributed by atoms with van der Waals surface area (Å²) in [7, 11) is 0. The fourth-order valence-electron chi connectivity index (χ4n) is 4.11. The van der Waals surface area contributed by atoms with Crippen molar-refractivity contribution >= 4 is 11.9 Å². The predicted molar refractivity (Wildman–Crippen MR) is 134 cm³/mol. The van der Waals surface area contributed by atoms with E-state index in [0.717, 1.165) is 61.3 Å². The van der Waals surface area contributed by atoms with Gasteiger partial charge >= 0.3 is 0 Å². The SMILES string of the molecule is Cc1oc(-c2ccc(C(=O)NCc3ccccc3)cc2)nc1CN1CCN(c2ncccn2)CC1. The first-order valence-corrected chi connectivity index (χ1v) is 11.8. The summed E-state index contributed by atoms with van der Waals surface area (Å²) < 4.78 is 5.97. The molecular weight excluding hydrogens is 440 g/mol. The molecule has 1 amide bonds. The molecule has 0 bridgehead atoms. The standard InChI is InChI=1S/C27H28N6O2/c1-20-24(19-32-14-16-33(17-15-32)27-28-12-5-13-29-27)31-26(35-20)23-10-8-22(9-11-23)25(34)30-18-21-6-3-2-4-7-21/h2-13H,14-19H2,1H3,(H,30,34). The van der Waals surface area contributed by atoms with Gasteiger partial charge in [0.05, 0.1) is 5.69 Å². The normalized spacial score (nSPS) is 14.1. The largest absolute Gasteiger partial charge is 0.441 e. The number of carbonyl (C=O) groups excluding carboxylic acids is 1. The second-order valence-corrected chi connectivity index (χ2v) is 8.58. The minimum absolute atomic E-state index is 0.107. The van der Waals surface area contributed by atoms with Crippen molar-refractivity contribution in [3.05, 3.63) is 95.6 Å². The average Bonchev–Trinajstić information content (AvgIpc) is 3.28. The lowest BCUT2D eigenvalue weighted by molar-refractivity contribution is 0.0951. The maximum atomic E-state index is 12.5. The summed E-state index contributed by atoms with van der Waals surface area (Å²) in [4.78, 5) is 30.5. The van der Waals surface area contributed by atoms with Crippen LogP contribution in [0.25, 0.3) is 11.5 Å². The Bertz CT molecular complexity index is 1250. The molecule has 5 rings (SSSR count). The number of amides is 1. The molecule has 0 radical (unpaired) electrons. The molecule has 1 N–H and O–H groups in total. The van der Waals surface area contributed by atoms with Crippen LogP contribution in [-0.4, -0.2) is 51.9 Å². The number of aromatic nitrogens is 3. The van der Waals surface area contributed by atoms with Gasteiger partial charge < -0.3 is 14.6 Å². The molecule has 1 fully saturated rings. The van der Waals surface area contributed by atoms with Gasteiger partial charge in [0.1, 0.15) is 5.76 Å². The summed E-state index contributed by atoms with van der Waals surface area (Å²) in [6.07, 6.45) is 3.55.